The zero-order valence-corrected chi connectivity index (χ0v) is 36.8. The fourth-order valence-electron chi connectivity index (χ4n) is 6.52. The number of carbonyl (C=O) groups excluding carboxylic acids is 4. The molecule has 0 spiro atoms. The van der Waals surface area contributed by atoms with Crippen molar-refractivity contribution >= 4 is 74.4 Å². The Bertz CT molecular complexity index is 965. The number of rotatable bonds is 20. The van der Waals surface area contributed by atoms with Crippen molar-refractivity contribution < 1.29 is 38.1 Å². The second-order valence-electron chi connectivity index (χ2n) is 19.3. The van der Waals surface area contributed by atoms with Crippen molar-refractivity contribution in [3.63, 3.8) is 0 Å². The Labute approximate surface area is 320 Å². The van der Waals surface area contributed by atoms with E-state index in [0.29, 0.717) is 25.7 Å². The lowest BCUT2D eigenvalue weighted by Gasteiger charge is -2.37. The summed E-state index contributed by atoms with van der Waals surface area (Å²) in [6.07, 6.45) is 1.62. The van der Waals surface area contributed by atoms with E-state index in [0.717, 1.165) is 0 Å². The van der Waals surface area contributed by atoms with Crippen molar-refractivity contribution in [2.75, 3.05) is 26.4 Å². The van der Waals surface area contributed by atoms with E-state index in [-0.39, 0.29) is 26.4 Å². The van der Waals surface area contributed by atoms with Crippen LogP contribution in [0.1, 0.15) is 136 Å². The van der Waals surface area contributed by atoms with Crippen LogP contribution in [-0.4, -0.2) is 69.3 Å². The van der Waals surface area contributed by atoms with Crippen molar-refractivity contribution in [1.29, 1.82) is 0 Å². The summed E-state index contributed by atoms with van der Waals surface area (Å²) in [4.78, 5) is 54.2. The predicted molar refractivity (Wildman–Crippen MR) is 212 cm³/mol. The first-order chi connectivity index (χ1) is 21.3. The average Bonchev–Trinajstić information content (AvgIpc) is 2.81. The zero-order valence-electron chi connectivity index (χ0n) is 33.2. The molecule has 0 aliphatic heterocycles. The molecule has 0 heterocycles. The number of esters is 4. The molecule has 0 N–H and O–H groups in total. The highest BCUT2D eigenvalue weighted by atomic mass is 32.1. The third-order valence-electron chi connectivity index (χ3n) is 7.75. The van der Waals surface area contributed by atoms with E-state index >= 15 is 0 Å². The molecule has 0 saturated carbocycles. The molecule has 0 radical (unpaired) electrons. The minimum atomic E-state index is -1.44. The smallest absolute Gasteiger partial charge is 0.311 e. The van der Waals surface area contributed by atoms with Gasteiger partial charge in [-0.2, -0.15) is 50.5 Å². The van der Waals surface area contributed by atoms with Crippen LogP contribution in [0.15, 0.2) is 0 Å². The molecule has 0 bridgehead atoms. The van der Waals surface area contributed by atoms with Crippen molar-refractivity contribution in [2.24, 2.45) is 27.1 Å². The molecule has 0 unspecified atom stereocenters. The molecule has 0 aromatic carbocycles. The topological polar surface area (TPSA) is 105 Å². The van der Waals surface area contributed by atoms with E-state index in [2.05, 4.69) is 50.5 Å². The van der Waals surface area contributed by atoms with Crippen LogP contribution in [0.4, 0.5) is 0 Å². The van der Waals surface area contributed by atoms with Crippen LogP contribution in [0.2, 0.25) is 0 Å². The maximum Gasteiger partial charge on any atom is 0.311 e. The van der Waals surface area contributed by atoms with Crippen LogP contribution in [0.5, 0.6) is 0 Å². The normalized spacial score (nSPS) is 14.3. The molecular weight excluding hydrogens is 701 g/mol. The Morgan fingerprint density at radius 2 is 0.490 bits per heavy atom. The number of ether oxygens (including phenoxy) is 4. The summed E-state index contributed by atoms with van der Waals surface area (Å²) in [7, 11) is 0. The molecular formula is C37H68O8S4. The van der Waals surface area contributed by atoms with Gasteiger partial charge in [-0.25, -0.2) is 0 Å². The fraction of sp³-hybridized carbons (Fsp3) is 0.892. The third kappa shape index (κ3) is 19.1. The fourth-order valence-corrected chi connectivity index (χ4v) is 8.10. The lowest BCUT2D eigenvalue weighted by Crippen LogP contribution is -2.48. The Morgan fingerprint density at radius 1 is 0.347 bits per heavy atom. The highest BCUT2D eigenvalue weighted by molar-refractivity contribution is 7.82. The monoisotopic (exact) mass is 768 g/mol. The zero-order chi connectivity index (χ0) is 39.3. The Kier molecular flexibility index (Phi) is 16.7. The molecule has 0 aliphatic rings. The van der Waals surface area contributed by atoms with Gasteiger partial charge in [0.2, 0.25) is 0 Å². The summed E-state index contributed by atoms with van der Waals surface area (Å²) in [5.41, 5.74) is -5.15. The first kappa shape index (κ1) is 48.3. The minimum Gasteiger partial charge on any atom is -0.464 e. The highest BCUT2D eigenvalue weighted by Crippen LogP contribution is 2.38. The van der Waals surface area contributed by atoms with E-state index in [1.165, 1.54) is 0 Å². The number of thiol groups is 4. The number of carbonyl (C=O) groups is 4. The molecule has 12 heteroatoms. The maximum atomic E-state index is 13.5. The van der Waals surface area contributed by atoms with E-state index in [1.54, 1.807) is 55.4 Å². The van der Waals surface area contributed by atoms with E-state index < -0.39 is 69.9 Å². The molecule has 0 aliphatic carbocycles. The molecule has 0 amide bonds. The van der Waals surface area contributed by atoms with Gasteiger partial charge >= 0.3 is 23.9 Å². The van der Waals surface area contributed by atoms with Crippen LogP contribution >= 0.6 is 50.5 Å². The first-order valence-corrected chi connectivity index (χ1v) is 18.7. The lowest BCUT2D eigenvalue weighted by molar-refractivity contribution is -0.182. The molecule has 0 aromatic heterocycles. The van der Waals surface area contributed by atoms with Crippen LogP contribution < -0.4 is 0 Å². The number of hydrogen-bond donors (Lipinski definition) is 4. The van der Waals surface area contributed by atoms with E-state index in [1.807, 2.05) is 55.4 Å². The highest BCUT2D eigenvalue weighted by Gasteiger charge is 2.45. The molecule has 0 fully saturated rings. The van der Waals surface area contributed by atoms with Gasteiger partial charge in [0.1, 0.15) is 31.8 Å². The second kappa shape index (κ2) is 17.0. The van der Waals surface area contributed by atoms with Crippen molar-refractivity contribution in [3.8, 4) is 0 Å². The van der Waals surface area contributed by atoms with Gasteiger partial charge in [-0.3, -0.25) is 19.2 Å². The third-order valence-corrected chi connectivity index (χ3v) is 8.38. The van der Waals surface area contributed by atoms with E-state index in [9.17, 15) is 19.2 Å². The molecule has 49 heavy (non-hydrogen) atoms. The summed E-state index contributed by atoms with van der Waals surface area (Å²) in [6.45, 7) is 27.9. The Balaban J connectivity index is 6.85. The second-order valence-corrected chi connectivity index (χ2v) is 24.1. The lowest BCUT2D eigenvalue weighted by atomic mass is 9.82. The van der Waals surface area contributed by atoms with Crippen molar-refractivity contribution in [2.45, 2.75) is 155 Å². The van der Waals surface area contributed by atoms with Gasteiger partial charge in [-0.1, -0.05) is 55.4 Å². The quantitative estimate of drug-likeness (QED) is 0.0555. The van der Waals surface area contributed by atoms with Crippen LogP contribution in [-0.2, 0) is 38.1 Å². The summed E-state index contributed by atoms with van der Waals surface area (Å²) >= 11 is 18.4. The van der Waals surface area contributed by atoms with Gasteiger partial charge in [0.05, 0.1) is 21.7 Å². The van der Waals surface area contributed by atoms with Gasteiger partial charge in [-0.15, -0.1) is 0 Å². The van der Waals surface area contributed by atoms with Crippen LogP contribution in [0.3, 0.4) is 0 Å². The van der Waals surface area contributed by atoms with E-state index in [4.69, 9.17) is 18.9 Å². The standard InChI is InChI=1S/C37H68O8S4/c1-29(2,17-33(9,10)46)25(38)42-21-37(22-43-26(39)30(3,4)18-34(11,12)47,23-44-27(40)31(5,6)19-35(13,14)48)24-45-28(41)32(7,8)20-36(15,16)49/h46-49H,17-24H2,1-16H3. The van der Waals surface area contributed by atoms with Gasteiger partial charge in [0.25, 0.3) is 0 Å². The summed E-state index contributed by atoms with van der Waals surface area (Å²) < 4.78 is 21.9. The minimum absolute atomic E-state index is 0.356. The van der Waals surface area contributed by atoms with Crippen LogP contribution in [0, 0.1) is 27.1 Å². The molecule has 0 saturated heterocycles. The van der Waals surface area contributed by atoms with Crippen molar-refractivity contribution in [1.82, 2.24) is 0 Å². The Hall–Kier alpha value is -0.720. The van der Waals surface area contributed by atoms with Crippen molar-refractivity contribution in [3.05, 3.63) is 0 Å². The van der Waals surface area contributed by atoms with Gasteiger partial charge in [-0.05, 0) is 81.1 Å². The average molecular weight is 769 g/mol. The maximum absolute atomic E-state index is 13.5. The molecule has 0 atom stereocenters. The van der Waals surface area contributed by atoms with Gasteiger partial charge in [0.15, 0.2) is 0 Å². The molecule has 288 valence electrons. The summed E-state index contributed by atoms with van der Waals surface area (Å²) in [5, 5.41) is 0. The number of hydrogen-bond acceptors (Lipinski definition) is 12. The Morgan fingerprint density at radius 3 is 0.612 bits per heavy atom. The van der Waals surface area contributed by atoms with Gasteiger partial charge in [0, 0.05) is 19.0 Å². The predicted octanol–water partition coefficient (Wildman–Crippen LogP) is 8.64. The molecule has 8 nitrogen and oxygen atoms in total. The van der Waals surface area contributed by atoms with Crippen LogP contribution in [0.25, 0.3) is 0 Å². The SMILES string of the molecule is CC(C)(S)CC(C)(C)C(=O)OCC(COC(=O)C(C)(C)CC(C)(C)S)(COC(=O)C(C)(C)CC(C)(C)S)COC(=O)C(C)(C)CC(C)(C)S. The molecule has 0 rings (SSSR count). The summed E-state index contributed by atoms with van der Waals surface area (Å²) in [5.74, 6) is -2.08. The first-order valence-electron chi connectivity index (χ1n) is 16.9. The summed E-state index contributed by atoms with van der Waals surface area (Å²) in [6, 6.07) is 0. The van der Waals surface area contributed by atoms with Gasteiger partial charge < -0.3 is 18.9 Å². The largest absolute Gasteiger partial charge is 0.464 e. The molecule has 0 aromatic rings.